The molecule has 0 bridgehead atoms. The van der Waals surface area contributed by atoms with Gasteiger partial charge in [-0.05, 0) is 23.6 Å². The van der Waals surface area contributed by atoms with Crippen LogP contribution in [0.4, 0.5) is 5.69 Å². The second kappa shape index (κ2) is 4.99. The first-order valence-electron chi connectivity index (χ1n) is 4.26. The summed E-state index contributed by atoms with van der Waals surface area (Å²) < 4.78 is 0. The van der Waals surface area contributed by atoms with Crippen LogP contribution < -0.4 is 5.73 Å². The van der Waals surface area contributed by atoms with Gasteiger partial charge in [-0.15, -0.1) is 0 Å². The van der Waals surface area contributed by atoms with Crippen molar-refractivity contribution in [3.8, 4) is 0 Å². The molecule has 1 aromatic carbocycles. The molecule has 6 heteroatoms. The average molecular weight is 206 g/mol. The maximum Gasteiger partial charge on any atom is 0.320 e. The molecule has 0 saturated carbocycles. The zero-order chi connectivity index (χ0) is 11.3. The van der Waals surface area contributed by atoms with Crippen LogP contribution in [0.1, 0.15) is 5.56 Å². The van der Waals surface area contributed by atoms with Gasteiger partial charge in [-0.25, -0.2) is 0 Å². The Labute approximate surface area is 86.0 Å². The predicted molar refractivity (Wildman–Crippen MR) is 54.6 cm³/mol. The number of aliphatic carboxylic acids is 1. The van der Waals surface area contributed by atoms with Crippen LogP contribution in [0.25, 0.3) is 10.4 Å². The zero-order valence-electron chi connectivity index (χ0n) is 7.87. The van der Waals surface area contributed by atoms with Crippen LogP contribution in [0.5, 0.6) is 0 Å². The van der Waals surface area contributed by atoms with Gasteiger partial charge in [-0.3, -0.25) is 4.79 Å². The molecule has 0 fully saturated rings. The molecule has 15 heavy (non-hydrogen) atoms. The normalized spacial score (nSPS) is 11.5. The highest BCUT2D eigenvalue weighted by Crippen LogP contribution is 2.15. The molecular weight excluding hydrogens is 196 g/mol. The number of hydrogen-bond donors (Lipinski definition) is 2. The summed E-state index contributed by atoms with van der Waals surface area (Å²) in [7, 11) is 0. The molecule has 0 aromatic heterocycles. The van der Waals surface area contributed by atoms with Crippen LogP contribution in [0.2, 0.25) is 0 Å². The van der Waals surface area contributed by atoms with Gasteiger partial charge >= 0.3 is 5.97 Å². The molecule has 0 amide bonds. The van der Waals surface area contributed by atoms with Crippen LogP contribution in [0.15, 0.2) is 29.4 Å². The summed E-state index contributed by atoms with van der Waals surface area (Å²) >= 11 is 0. The second-order valence-corrected chi connectivity index (χ2v) is 3.01. The summed E-state index contributed by atoms with van der Waals surface area (Å²) in [5.41, 5.74) is 14.8. The van der Waals surface area contributed by atoms with E-state index in [9.17, 15) is 4.79 Å². The molecule has 3 N–H and O–H groups in total. The molecule has 6 nitrogen and oxygen atoms in total. The number of nitrogens with zero attached hydrogens (tertiary/aromatic N) is 3. The fourth-order valence-electron chi connectivity index (χ4n) is 1.14. The number of azide groups is 1. The summed E-state index contributed by atoms with van der Waals surface area (Å²) in [4.78, 5) is 13.1. The fourth-order valence-corrected chi connectivity index (χ4v) is 1.14. The molecule has 1 aromatic rings. The lowest BCUT2D eigenvalue weighted by Crippen LogP contribution is -2.32. The Kier molecular flexibility index (Phi) is 3.68. The smallest absolute Gasteiger partial charge is 0.320 e. The van der Waals surface area contributed by atoms with E-state index in [-0.39, 0.29) is 6.42 Å². The van der Waals surface area contributed by atoms with Crippen molar-refractivity contribution in [1.82, 2.24) is 0 Å². The topological polar surface area (TPSA) is 112 Å². The highest BCUT2D eigenvalue weighted by atomic mass is 16.4. The lowest BCUT2D eigenvalue weighted by molar-refractivity contribution is -0.138. The molecule has 0 spiro atoms. The van der Waals surface area contributed by atoms with Gasteiger partial charge in [0.2, 0.25) is 0 Å². The zero-order valence-corrected chi connectivity index (χ0v) is 7.87. The number of nitrogens with two attached hydrogens (primary N) is 1. The maximum atomic E-state index is 10.5. The van der Waals surface area contributed by atoms with Gasteiger partial charge in [0.25, 0.3) is 0 Å². The Hall–Kier alpha value is -2.04. The minimum absolute atomic E-state index is 0.212. The number of benzene rings is 1. The van der Waals surface area contributed by atoms with Crippen molar-refractivity contribution in [3.05, 3.63) is 40.3 Å². The van der Waals surface area contributed by atoms with Gasteiger partial charge in [0, 0.05) is 10.6 Å². The first-order valence-corrected chi connectivity index (χ1v) is 4.26. The first-order chi connectivity index (χ1) is 7.13. The van der Waals surface area contributed by atoms with Crippen molar-refractivity contribution in [2.45, 2.75) is 12.5 Å². The van der Waals surface area contributed by atoms with Gasteiger partial charge in [0.05, 0.1) is 0 Å². The van der Waals surface area contributed by atoms with E-state index in [1.165, 1.54) is 0 Å². The third-order valence-electron chi connectivity index (χ3n) is 1.84. The van der Waals surface area contributed by atoms with E-state index < -0.39 is 12.0 Å². The summed E-state index contributed by atoms with van der Waals surface area (Å²) in [5.74, 6) is -1.05. The molecule has 0 heterocycles. The van der Waals surface area contributed by atoms with Crippen LogP contribution in [0.3, 0.4) is 0 Å². The SMILES string of the molecule is [N-]=[N+]=Nc1cccc(C[C@H](N)C(=O)O)c1. The molecule has 0 unspecified atom stereocenters. The van der Waals surface area contributed by atoms with Gasteiger partial charge in [0.15, 0.2) is 0 Å². The fraction of sp³-hybridized carbons (Fsp3) is 0.222. The highest BCUT2D eigenvalue weighted by Gasteiger charge is 2.11. The molecule has 78 valence electrons. The Morgan fingerprint density at radius 1 is 1.67 bits per heavy atom. The van der Waals surface area contributed by atoms with Crippen molar-refractivity contribution in [3.63, 3.8) is 0 Å². The van der Waals surface area contributed by atoms with E-state index in [2.05, 4.69) is 10.0 Å². The lowest BCUT2D eigenvalue weighted by Gasteiger charge is -2.06. The van der Waals surface area contributed by atoms with E-state index in [1.807, 2.05) is 0 Å². The number of hydrogen-bond acceptors (Lipinski definition) is 3. The van der Waals surface area contributed by atoms with E-state index >= 15 is 0 Å². The van der Waals surface area contributed by atoms with Crippen LogP contribution >= 0.6 is 0 Å². The Morgan fingerprint density at radius 3 is 3.00 bits per heavy atom. The monoisotopic (exact) mass is 206 g/mol. The van der Waals surface area contributed by atoms with E-state index in [1.54, 1.807) is 24.3 Å². The van der Waals surface area contributed by atoms with Gasteiger partial charge < -0.3 is 10.8 Å². The molecule has 0 aliphatic carbocycles. The largest absolute Gasteiger partial charge is 0.480 e. The van der Waals surface area contributed by atoms with E-state index in [0.29, 0.717) is 5.69 Å². The summed E-state index contributed by atoms with van der Waals surface area (Å²) in [5, 5.41) is 12.0. The third kappa shape index (κ3) is 3.30. The van der Waals surface area contributed by atoms with Gasteiger partial charge in [-0.1, -0.05) is 23.3 Å². The second-order valence-electron chi connectivity index (χ2n) is 3.01. The molecule has 1 rings (SSSR count). The Morgan fingerprint density at radius 2 is 2.40 bits per heavy atom. The maximum absolute atomic E-state index is 10.5. The standard InChI is InChI=1S/C9H10N4O2/c10-8(9(14)15)5-6-2-1-3-7(4-6)12-13-11/h1-4,8H,5,10H2,(H,14,15)/t8-/m0/s1. The van der Waals surface area contributed by atoms with Crippen molar-refractivity contribution >= 4 is 11.7 Å². The lowest BCUT2D eigenvalue weighted by atomic mass is 10.1. The summed E-state index contributed by atoms with van der Waals surface area (Å²) in [6.07, 6.45) is 0.212. The molecule has 1 atom stereocenters. The predicted octanol–water partition coefficient (Wildman–Crippen LogP) is 1.58. The first kappa shape index (κ1) is 11.0. The van der Waals surface area contributed by atoms with E-state index in [4.69, 9.17) is 16.4 Å². The van der Waals surface area contributed by atoms with Crippen molar-refractivity contribution in [1.29, 1.82) is 0 Å². The van der Waals surface area contributed by atoms with E-state index in [0.717, 1.165) is 5.56 Å². The molecule has 0 aliphatic heterocycles. The molecule has 0 aliphatic rings. The molecule has 0 radical (unpaired) electrons. The number of carboxylic acids is 1. The van der Waals surface area contributed by atoms with Crippen LogP contribution in [-0.2, 0) is 11.2 Å². The Balaban J connectivity index is 2.82. The molecule has 0 saturated heterocycles. The third-order valence-corrected chi connectivity index (χ3v) is 1.84. The number of rotatable bonds is 4. The quantitative estimate of drug-likeness (QED) is 0.443. The Bertz CT molecular complexity index is 412. The summed E-state index contributed by atoms with van der Waals surface area (Å²) in [6.45, 7) is 0. The van der Waals surface area contributed by atoms with Crippen LogP contribution in [0, 0.1) is 0 Å². The minimum atomic E-state index is -1.05. The van der Waals surface area contributed by atoms with Gasteiger partial charge in [-0.2, -0.15) is 0 Å². The van der Waals surface area contributed by atoms with Crippen molar-refractivity contribution in [2.24, 2.45) is 10.8 Å². The highest BCUT2D eigenvalue weighted by molar-refractivity contribution is 5.73. The minimum Gasteiger partial charge on any atom is -0.480 e. The van der Waals surface area contributed by atoms with Crippen LogP contribution in [-0.4, -0.2) is 17.1 Å². The molecular formula is C9H10N4O2. The number of carboxylic acid groups (broad SMARTS) is 1. The average Bonchev–Trinajstić information content (AvgIpc) is 2.18. The summed E-state index contributed by atoms with van der Waals surface area (Å²) in [6, 6.07) is 5.73. The van der Waals surface area contributed by atoms with Crippen molar-refractivity contribution in [2.75, 3.05) is 0 Å². The number of carbonyl (C=O) groups is 1. The van der Waals surface area contributed by atoms with Crippen molar-refractivity contribution < 1.29 is 9.90 Å². The van der Waals surface area contributed by atoms with Gasteiger partial charge in [0.1, 0.15) is 6.04 Å².